The lowest BCUT2D eigenvalue weighted by atomic mass is 10.0. The molecule has 0 aliphatic heterocycles. The number of hydrogen-bond acceptors (Lipinski definition) is 5. The van der Waals surface area contributed by atoms with E-state index in [1.54, 1.807) is 12.1 Å². The number of carbonyl (C=O) groups is 2. The molecule has 0 atom stereocenters. The summed E-state index contributed by atoms with van der Waals surface area (Å²) in [6.07, 6.45) is 1.61. The molecule has 1 amide bonds. The molecule has 0 saturated heterocycles. The Labute approximate surface area is 128 Å². The Morgan fingerprint density at radius 1 is 1.18 bits per heavy atom. The van der Waals surface area contributed by atoms with Crippen LogP contribution < -0.4 is 5.11 Å². The monoisotopic (exact) mass is 305 g/mol. The number of hydrogen-bond donors (Lipinski definition) is 0. The van der Waals surface area contributed by atoms with Gasteiger partial charge in [-0.05, 0) is 32.4 Å². The van der Waals surface area contributed by atoms with Crippen LogP contribution in [0.25, 0.3) is 0 Å². The van der Waals surface area contributed by atoms with E-state index in [1.165, 1.54) is 17.0 Å². The van der Waals surface area contributed by atoms with E-state index in [-0.39, 0.29) is 12.2 Å². The molecule has 0 unspecified atom stereocenters. The lowest BCUT2D eigenvalue weighted by Crippen LogP contribution is -2.44. The maximum Gasteiger partial charge on any atom is 0.269 e. The summed E-state index contributed by atoms with van der Waals surface area (Å²) in [5.74, 6) is -1.92. The first-order valence-corrected chi connectivity index (χ1v) is 6.55. The summed E-state index contributed by atoms with van der Waals surface area (Å²) < 4.78 is 0. The van der Waals surface area contributed by atoms with Crippen molar-refractivity contribution >= 4 is 17.6 Å². The van der Waals surface area contributed by atoms with Gasteiger partial charge in [0.1, 0.15) is 0 Å². The first kappa shape index (κ1) is 17.4. The zero-order valence-corrected chi connectivity index (χ0v) is 12.6. The Balaban J connectivity index is 2.97. The molecule has 1 aromatic rings. The minimum Gasteiger partial charge on any atom is -0.545 e. The van der Waals surface area contributed by atoms with E-state index >= 15 is 0 Å². The van der Waals surface area contributed by atoms with Gasteiger partial charge in [0.2, 0.25) is 5.91 Å². The molecule has 1 aromatic carbocycles. The van der Waals surface area contributed by atoms with Crippen LogP contribution in [0.3, 0.4) is 0 Å². The molecule has 118 valence electrons. The maximum atomic E-state index is 12.1. The second-order valence-corrected chi connectivity index (χ2v) is 5.67. The smallest absolute Gasteiger partial charge is 0.269 e. The first-order chi connectivity index (χ1) is 10.1. The molecule has 0 heterocycles. The van der Waals surface area contributed by atoms with Crippen molar-refractivity contribution in [1.82, 2.24) is 4.90 Å². The van der Waals surface area contributed by atoms with Crippen LogP contribution in [-0.4, -0.2) is 27.2 Å². The molecule has 0 fully saturated rings. The number of nitro benzene ring substituents is 1. The summed E-state index contributed by atoms with van der Waals surface area (Å²) in [6, 6.07) is 5.84. The third-order valence-electron chi connectivity index (χ3n) is 2.93. The van der Waals surface area contributed by atoms with Gasteiger partial charge in [0.25, 0.3) is 5.69 Å². The van der Waals surface area contributed by atoms with Crippen LogP contribution in [-0.2, 0) is 16.1 Å². The van der Waals surface area contributed by atoms with Crippen molar-refractivity contribution < 1.29 is 19.6 Å². The number of benzene rings is 1. The molecule has 22 heavy (non-hydrogen) atoms. The molecule has 0 aliphatic rings. The molecule has 7 heteroatoms. The Morgan fingerprint density at radius 3 is 2.14 bits per heavy atom. The summed E-state index contributed by atoms with van der Waals surface area (Å²) in [4.78, 5) is 34.1. The highest BCUT2D eigenvalue weighted by molar-refractivity contribution is 5.93. The molecular formula is C15H17N2O5-. The summed E-state index contributed by atoms with van der Waals surface area (Å²) in [6.45, 7) is 5.63. The van der Waals surface area contributed by atoms with Gasteiger partial charge in [-0.2, -0.15) is 0 Å². The number of carboxylic acid groups (broad SMARTS) is 1. The van der Waals surface area contributed by atoms with Crippen molar-refractivity contribution in [1.29, 1.82) is 0 Å². The Hall–Kier alpha value is -2.70. The van der Waals surface area contributed by atoms with Crippen LogP contribution in [0.5, 0.6) is 0 Å². The highest BCUT2D eigenvalue weighted by atomic mass is 16.6. The van der Waals surface area contributed by atoms with Crippen molar-refractivity contribution in [3.8, 4) is 0 Å². The average molecular weight is 305 g/mol. The van der Waals surface area contributed by atoms with Crippen molar-refractivity contribution in [2.24, 2.45) is 0 Å². The predicted octanol–water partition coefficient (Wildman–Crippen LogP) is 1.03. The lowest BCUT2D eigenvalue weighted by molar-refractivity contribution is -0.384. The fourth-order valence-corrected chi connectivity index (χ4v) is 1.78. The summed E-state index contributed by atoms with van der Waals surface area (Å²) >= 11 is 0. The largest absolute Gasteiger partial charge is 0.545 e. The van der Waals surface area contributed by atoms with Crippen LogP contribution >= 0.6 is 0 Å². The van der Waals surface area contributed by atoms with E-state index in [2.05, 4.69) is 0 Å². The molecule has 0 aliphatic carbocycles. The van der Waals surface area contributed by atoms with Crippen LogP contribution in [0.2, 0.25) is 0 Å². The highest BCUT2D eigenvalue weighted by Crippen LogP contribution is 2.20. The summed E-state index contributed by atoms with van der Waals surface area (Å²) in [5, 5.41) is 21.0. The summed E-state index contributed by atoms with van der Waals surface area (Å²) in [7, 11) is 0. The van der Waals surface area contributed by atoms with Gasteiger partial charge in [-0.15, -0.1) is 0 Å². The van der Waals surface area contributed by atoms with Crippen LogP contribution in [0, 0.1) is 10.1 Å². The molecule has 0 saturated carbocycles. The van der Waals surface area contributed by atoms with E-state index < -0.39 is 22.3 Å². The van der Waals surface area contributed by atoms with E-state index in [9.17, 15) is 24.8 Å². The number of carboxylic acids is 1. The van der Waals surface area contributed by atoms with Gasteiger partial charge in [0, 0.05) is 30.3 Å². The quantitative estimate of drug-likeness (QED) is 0.459. The van der Waals surface area contributed by atoms with Gasteiger partial charge in [-0.3, -0.25) is 14.9 Å². The minimum atomic E-state index is -1.45. The number of nitro groups is 1. The fraction of sp³-hybridized carbons (Fsp3) is 0.333. The number of nitrogens with zero attached hydrogens (tertiary/aromatic N) is 2. The number of non-ortho nitro benzene ring substituents is 1. The van der Waals surface area contributed by atoms with E-state index in [0.717, 1.165) is 6.08 Å². The standard InChI is InChI=1S/C15H18N2O5/c1-15(2,3)16(13(18)8-9-14(19)20)10-11-4-6-12(7-5-11)17(21)22/h4-9H,10H2,1-3H3,(H,19,20)/p-1. The third-order valence-corrected chi connectivity index (χ3v) is 2.93. The molecule has 7 nitrogen and oxygen atoms in total. The second-order valence-electron chi connectivity index (χ2n) is 5.67. The maximum absolute atomic E-state index is 12.1. The summed E-state index contributed by atoms with van der Waals surface area (Å²) in [5.41, 5.74) is 0.125. The topological polar surface area (TPSA) is 104 Å². The molecule has 0 N–H and O–H groups in total. The normalized spacial score (nSPS) is 11.4. The SMILES string of the molecule is CC(C)(C)N(Cc1ccc([N+](=O)[O-])cc1)C(=O)C=CC(=O)[O-]. The zero-order chi connectivity index (χ0) is 16.9. The Kier molecular flexibility index (Phi) is 5.39. The van der Waals surface area contributed by atoms with Gasteiger partial charge in [-0.25, -0.2) is 0 Å². The minimum absolute atomic E-state index is 0.0331. The molecule has 0 spiro atoms. The van der Waals surface area contributed by atoms with Gasteiger partial charge in [0.15, 0.2) is 0 Å². The lowest BCUT2D eigenvalue weighted by Gasteiger charge is -2.35. The van der Waals surface area contributed by atoms with Crippen LogP contribution in [0.15, 0.2) is 36.4 Å². The fourth-order valence-electron chi connectivity index (χ4n) is 1.78. The van der Waals surface area contributed by atoms with E-state index in [1.807, 2.05) is 20.8 Å². The van der Waals surface area contributed by atoms with Gasteiger partial charge < -0.3 is 14.8 Å². The van der Waals surface area contributed by atoms with Crippen molar-refractivity contribution in [3.63, 3.8) is 0 Å². The number of aliphatic carboxylic acids is 1. The van der Waals surface area contributed by atoms with Gasteiger partial charge in [-0.1, -0.05) is 12.1 Å². The molecule has 0 aromatic heterocycles. The number of amides is 1. The highest BCUT2D eigenvalue weighted by Gasteiger charge is 2.25. The molecule has 0 radical (unpaired) electrons. The van der Waals surface area contributed by atoms with Crippen molar-refractivity contribution in [2.75, 3.05) is 0 Å². The van der Waals surface area contributed by atoms with Gasteiger partial charge in [0.05, 0.1) is 10.9 Å². The first-order valence-electron chi connectivity index (χ1n) is 6.55. The van der Waals surface area contributed by atoms with Crippen molar-refractivity contribution in [2.45, 2.75) is 32.9 Å². The molecule has 0 bridgehead atoms. The van der Waals surface area contributed by atoms with E-state index in [4.69, 9.17) is 0 Å². The third kappa shape index (κ3) is 5.01. The average Bonchev–Trinajstić information content (AvgIpc) is 2.41. The molecular weight excluding hydrogens is 288 g/mol. The predicted molar refractivity (Wildman–Crippen MR) is 77.5 cm³/mol. The van der Waals surface area contributed by atoms with E-state index in [0.29, 0.717) is 11.6 Å². The van der Waals surface area contributed by atoms with Crippen LogP contribution in [0.4, 0.5) is 5.69 Å². The zero-order valence-electron chi connectivity index (χ0n) is 12.6. The Morgan fingerprint density at radius 2 is 1.73 bits per heavy atom. The van der Waals surface area contributed by atoms with Crippen LogP contribution in [0.1, 0.15) is 26.3 Å². The molecule has 1 rings (SSSR count). The van der Waals surface area contributed by atoms with Gasteiger partial charge >= 0.3 is 0 Å². The van der Waals surface area contributed by atoms with Crippen molar-refractivity contribution in [3.05, 3.63) is 52.1 Å². The number of rotatable bonds is 5. The Bertz CT molecular complexity index is 599. The number of carbonyl (C=O) groups excluding carboxylic acids is 2. The second kappa shape index (κ2) is 6.84.